The number of hydrogen-bond acceptors (Lipinski definition) is 2. The summed E-state index contributed by atoms with van der Waals surface area (Å²) in [6, 6.07) is 7.86. The minimum Gasteiger partial charge on any atom is -0.357 e. The number of nitrogens with one attached hydrogen (secondary N) is 1. The summed E-state index contributed by atoms with van der Waals surface area (Å²) < 4.78 is 0. The van der Waals surface area contributed by atoms with Gasteiger partial charge in [0.25, 0.3) is 0 Å². The first kappa shape index (κ1) is 7.52. The number of benzene rings is 1. The van der Waals surface area contributed by atoms with E-state index < -0.39 is 0 Å². The van der Waals surface area contributed by atoms with Crippen LogP contribution in [-0.4, -0.2) is 4.89 Å². The Bertz CT molecular complexity index is 215. The fraction of sp³-hybridized carbons (Fsp3) is 0.143. The fourth-order valence-electron chi connectivity index (χ4n) is 0.773. The van der Waals surface area contributed by atoms with Gasteiger partial charge in [0.05, 0.1) is 0 Å². The highest BCUT2D eigenvalue weighted by atomic mass is 31.1. The minimum atomic E-state index is -0.218. The lowest BCUT2D eigenvalue weighted by Crippen LogP contribution is -1.85. The largest absolute Gasteiger partial charge is 0.357 e. The standard InChI is InChI=1S/C7H10NOP/c1-6-4-2-3-5-7(6)8-10-9/h2-5,8-10H,1H3. The van der Waals surface area contributed by atoms with Crippen LogP contribution in [0, 0.1) is 6.92 Å². The lowest BCUT2D eigenvalue weighted by atomic mass is 10.2. The van der Waals surface area contributed by atoms with E-state index in [0.717, 1.165) is 11.3 Å². The molecule has 0 heterocycles. The Morgan fingerprint density at radius 2 is 2.10 bits per heavy atom. The number of para-hydroxylation sites is 1. The van der Waals surface area contributed by atoms with E-state index in [-0.39, 0.29) is 8.96 Å². The van der Waals surface area contributed by atoms with Crippen LogP contribution in [0.3, 0.4) is 0 Å². The first-order chi connectivity index (χ1) is 4.84. The van der Waals surface area contributed by atoms with E-state index in [1.165, 1.54) is 0 Å². The summed E-state index contributed by atoms with van der Waals surface area (Å²) in [5, 5.41) is 2.86. The molecule has 0 aliphatic rings. The van der Waals surface area contributed by atoms with Crippen molar-refractivity contribution >= 4 is 14.6 Å². The van der Waals surface area contributed by atoms with Crippen LogP contribution < -0.4 is 5.09 Å². The molecule has 0 spiro atoms. The Labute approximate surface area is 62.2 Å². The third-order valence-electron chi connectivity index (χ3n) is 1.34. The molecule has 0 radical (unpaired) electrons. The molecule has 1 aromatic carbocycles. The maximum Gasteiger partial charge on any atom is 0.111 e. The molecule has 10 heavy (non-hydrogen) atoms. The van der Waals surface area contributed by atoms with Gasteiger partial charge in [-0.05, 0) is 18.6 Å². The van der Waals surface area contributed by atoms with Gasteiger partial charge < -0.3 is 9.98 Å². The molecule has 1 atom stereocenters. The molecule has 0 aliphatic carbocycles. The summed E-state index contributed by atoms with van der Waals surface area (Å²) in [6.45, 7) is 2.00. The number of hydrogen-bond donors (Lipinski definition) is 2. The zero-order valence-corrected chi connectivity index (χ0v) is 6.76. The molecule has 1 rings (SSSR count). The van der Waals surface area contributed by atoms with Gasteiger partial charge in [-0.2, -0.15) is 0 Å². The second kappa shape index (κ2) is 3.55. The van der Waals surface area contributed by atoms with Crippen LogP contribution >= 0.6 is 8.96 Å². The van der Waals surface area contributed by atoms with E-state index in [0.29, 0.717) is 0 Å². The zero-order valence-electron chi connectivity index (χ0n) is 5.76. The Morgan fingerprint density at radius 1 is 1.40 bits per heavy atom. The summed E-state index contributed by atoms with van der Waals surface area (Å²) in [5.74, 6) is 0. The third kappa shape index (κ3) is 1.69. The maximum atomic E-state index is 8.56. The van der Waals surface area contributed by atoms with Crippen LogP contribution in [0.2, 0.25) is 0 Å². The van der Waals surface area contributed by atoms with Gasteiger partial charge in [-0.15, -0.1) is 0 Å². The summed E-state index contributed by atoms with van der Waals surface area (Å²) >= 11 is 0. The SMILES string of the molecule is Cc1ccccc1NPO. The van der Waals surface area contributed by atoms with Crippen molar-refractivity contribution in [2.24, 2.45) is 0 Å². The second-order valence-corrected chi connectivity index (χ2v) is 2.53. The van der Waals surface area contributed by atoms with E-state index in [4.69, 9.17) is 4.89 Å². The summed E-state index contributed by atoms with van der Waals surface area (Å²) in [6.07, 6.45) is 0. The molecular weight excluding hydrogens is 145 g/mol. The molecule has 0 aliphatic heterocycles. The molecule has 0 amide bonds. The molecule has 3 heteroatoms. The second-order valence-electron chi connectivity index (χ2n) is 2.05. The fourth-order valence-corrected chi connectivity index (χ4v) is 1.17. The van der Waals surface area contributed by atoms with Gasteiger partial charge in [-0.25, -0.2) is 0 Å². The molecule has 2 N–H and O–H groups in total. The molecule has 0 bridgehead atoms. The molecule has 0 saturated heterocycles. The molecule has 0 saturated carbocycles. The van der Waals surface area contributed by atoms with Crippen LogP contribution in [0.25, 0.3) is 0 Å². The zero-order chi connectivity index (χ0) is 7.40. The smallest absolute Gasteiger partial charge is 0.111 e. The highest BCUT2D eigenvalue weighted by Crippen LogP contribution is 2.17. The highest BCUT2D eigenvalue weighted by molar-refractivity contribution is 7.33. The monoisotopic (exact) mass is 155 g/mol. The van der Waals surface area contributed by atoms with E-state index >= 15 is 0 Å². The van der Waals surface area contributed by atoms with E-state index in [1.807, 2.05) is 31.2 Å². The van der Waals surface area contributed by atoms with Crippen molar-refractivity contribution in [2.45, 2.75) is 6.92 Å². The van der Waals surface area contributed by atoms with Crippen molar-refractivity contribution in [3.63, 3.8) is 0 Å². The topological polar surface area (TPSA) is 32.3 Å². The van der Waals surface area contributed by atoms with Crippen LogP contribution in [0.5, 0.6) is 0 Å². The van der Waals surface area contributed by atoms with E-state index in [2.05, 4.69) is 5.09 Å². The average Bonchev–Trinajstić information content (AvgIpc) is 1.94. The molecule has 54 valence electrons. The predicted octanol–water partition coefficient (Wildman–Crippen LogP) is 1.91. The average molecular weight is 155 g/mol. The van der Waals surface area contributed by atoms with Crippen molar-refractivity contribution in [2.75, 3.05) is 5.09 Å². The molecular formula is C7H10NOP. The van der Waals surface area contributed by atoms with Gasteiger partial charge in [-0.3, -0.25) is 0 Å². The molecule has 0 fully saturated rings. The van der Waals surface area contributed by atoms with Crippen molar-refractivity contribution in [3.05, 3.63) is 29.8 Å². The summed E-state index contributed by atoms with van der Waals surface area (Å²) in [5.41, 5.74) is 2.16. The number of anilines is 1. The Balaban J connectivity index is 2.81. The Morgan fingerprint density at radius 3 is 2.70 bits per heavy atom. The van der Waals surface area contributed by atoms with Crippen LogP contribution in [0.1, 0.15) is 5.56 Å². The first-order valence-electron chi connectivity index (χ1n) is 3.05. The number of aryl methyl sites for hydroxylation is 1. The maximum absolute atomic E-state index is 8.56. The van der Waals surface area contributed by atoms with Crippen molar-refractivity contribution in [3.8, 4) is 0 Å². The van der Waals surface area contributed by atoms with Crippen molar-refractivity contribution < 1.29 is 4.89 Å². The van der Waals surface area contributed by atoms with Gasteiger partial charge in [0.1, 0.15) is 8.96 Å². The molecule has 0 aromatic heterocycles. The minimum absolute atomic E-state index is 0.218. The molecule has 1 aromatic rings. The third-order valence-corrected chi connectivity index (χ3v) is 1.72. The van der Waals surface area contributed by atoms with Crippen molar-refractivity contribution in [1.29, 1.82) is 0 Å². The lowest BCUT2D eigenvalue weighted by molar-refractivity contribution is 0.651. The van der Waals surface area contributed by atoms with Gasteiger partial charge in [0, 0.05) is 5.69 Å². The normalized spacial score (nSPS) is 10.6. The van der Waals surface area contributed by atoms with Crippen molar-refractivity contribution in [1.82, 2.24) is 0 Å². The van der Waals surface area contributed by atoms with Gasteiger partial charge in [0.15, 0.2) is 0 Å². The molecule has 2 nitrogen and oxygen atoms in total. The first-order valence-corrected chi connectivity index (χ1v) is 4.00. The Kier molecular flexibility index (Phi) is 2.67. The highest BCUT2D eigenvalue weighted by Gasteiger charge is 1.91. The van der Waals surface area contributed by atoms with E-state index in [1.54, 1.807) is 0 Å². The number of rotatable bonds is 2. The molecule has 1 unspecified atom stereocenters. The Hall–Kier alpha value is -0.590. The van der Waals surface area contributed by atoms with Crippen LogP contribution in [0.15, 0.2) is 24.3 Å². The van der Waals surface area contributed by atoms with Gasteiger partial charge in [0.2, 0.25) is 0 Å². The summed E-state index contributed by atoms with van der Waals surface area (Å²) in [4.78, 5) is 8.56. The summed E-state index contributed by atoms with van der Waals surface area (Å²) in [7, 11) is -0.218. The van der Waals surface area contributed by atoms with Gasteiger partial charge in [-0.1, -0.05) is 18.2 Å². The van der Waals surface area contributed by atoms with E-state index in [9.17, 15) is 0 Å². The lowest BCUT2D eigenvalue weighted by Gasteiger charge is -2.03. The predicted molar refractivity (Wildman–Crippen MR) is 45.3 cm³/mol. The van der Waals surface area contributed by atoms with Gasteiger partial charge >= 0.3 is 0 Å². The van der Waals surface area contributed by atoms with Crippen LogP contribution in [0.4, 0.5) is 5.69 Å². The quantitative estimate of drug-likeness (QED) is 0.639. The van der Waals surface area contributed by atoms with Crippen LogP contribution in [-0.2, 0) is 0 Å².